The highest BCUT2D eigenvalue weighted by Gasteiger charge is 2.11. The molecule has 2 N–H and O–H groups in total. The van der Waals surface area contributed by atoms with Gasteiger partial charge < -0.3 is 10.4 Å². The number of hydrogen-bond donors (Lipinski definition) is 2. The van der Waals surface area contributed by atoms with Gasteiger partial charge in [-0.05, 0) is 32.3 Å². The number of hydrogen-bond acceptors (Lipinski definition) is 2. The van der Waals surface area contributed by atoms with Gasteiger partial charge in [-0.15, -0.1) is 0 Å². The second-order valence-corrected chi connectivity index (χ2v) is 5.44. The summed E-state index contributed by atoms with van der Waals surface area (Å²) in [7, 11) is 0. The van der Waals surface area contributed by atoms with Crippen molar-refractivity contribution in [1.82, 2.24) is 5.32 Å². The zero-order chi connectivity index (χ0) is 14.3. The van der Waals surface area contributed by atoms with E-state index in [0.717, 1.165) is 25.8 Å². The molecule has 0 heterocycles. The third-order valence-electron chi connectivity index (χ3n) is 3.43. The molecule has 0 amide bonds. The Balaban J connectivity index is 2.21. The Labute approximate surface area is 116 Å². The van der Waals surface area contributed by atoms with Crippen LogP contribution in [0.15, 0.2) is 24.3 Å². The molecule has 106 valence electrons. The molecule has 1 rings (SSSR count). The predicted molar refractivity (Wildman–Crippen MR) is 78.1 cm³/mol. The molecule has 0 saturated heterocycles. The summed E-state index contributed by atoms with van der Waals surface area (Å²) in [5, 5.41) is 12.3. The van der Waals surface area contributed by atoms with E-state index in [0.29, 0.717) is 6.04 Å². The molecule has 1 aromatic rings. The van der Waals surface area contributed by atoms with Gasteiger partial charge in [0.2, 0.25) is 0 Å². The van der Waals surface area contributed by atoms with Gasteiger partial charge in [-0.2, -0.15) is 0 Å². The standard InChI is InChI=1S/C16H25NO2/c1-12-6-4-9-15(10-12)11-17-14(3)8-5-7-13(2)16(18)19/h4,6,9-10,13-14,17H,5,7-8,11H2,1-3H3,(H,18,19). The van der Waals surface area contributed by atoms with E-state index in [9.17, 15) is 4.79 Å². The molecule has 2 unspecified atom stereocenters. The third kappa shape index (κ3) is 6.39. The highest BCUT2D eigenvalue weighted by Crippen LogP contribution is 2.10. The second kappa shape index (κ2) is 7.95. The molecule has 1 aromatic carbocycles. The van der Waals surface area contributed by atoms with Crippen molar-refractivity contribution in [2.45, 2.75) is 52.6 Å². The summed E-state index contributed by atoms with van der Waals surface area (Å²) in [4.78, 5) is 10.7. The number of rotatable bonds is 8. The molecule has 0 radical (unpaired) electrons. The molecule has 0 fully saturated rings. The first-order valence-corrected chi connectivity index (χ1v) is 7.00. The molecule has 0 aliphatic rings. The van der Waals surface area contributed by atoms with E-state index in [1.807, 2.05) is 0 Å². The van der Waals surface area contributed by atoms with Crippen LogP contribution in [0.4, 0.5) is 0 Å². The molecule has 0 spiro atoms. The first-order valence-electron chi connectivity index (χ1n) is 7.00. The van der Waals surface area contributed by atoms with Gasteiger partial charge in [0.15, 0.2) is 0 Å². The molecule has 3 heteroatoms. The number of carboxylic acid groups (broad SMARTS) is 1. The van der Waals surface area contributed by atoms with Crippen molar-refractivity contribution in [1.29, 1.82) is 0 Å². The number of nitrogens with one attached hydrogen (secondary N) is 1. The molecule has 0 aliphatic carbocycles. The van der Waals surface area contributed by atoms with Gasteiger partial charge in [-0.3, -0.25) is 4.79 Å². The van der Waals surface area contributed by atoms with Crippen LogP contribution in [-0.4, -0.2) is 17.1 Å². The Hall–Kier alpha value is -1.35. The normalized spacial score (nSPS) is 14.1. The van der Waals surface area contributed by atoms with E-state index >= 15 is 0 Å². The number of carboxylic acids is 1. The third-order valence-corrected chi connectivity index (χ3v) is 3.43. The van der Waals surface area contributed by atoms with Gasteiger partial charge in [0.1, 0.15) is 0 Å². The summed E-state index contributed by atoms with van der Waals surface area (Å²) in [6.07, 6.45) is 2.73. The van der Waals surface area contributed by atoms with Gasteiger partial charge in [0.25, 0.3) is 0 Å². The molecule has 0 aromatic heterocycles. The predicted octanol–water partition coefficient (Wildman–Crippen LogP) is 3.36. The fourth-order valence-corrected chi connectivity index (χ4v) is 2.07. The van der Waals surface area contributed by atoms with Crippen molar-refractivity contribution < 1.29 is 9.90 Å². The van der Waals surface area contributed by atoms with E-state index in [1.165, 1.54) is 11.1 Å². The molecule has 19 heavy (non-hydrogen) atoms. The second-order valence-electron chi connectivity index (χ2n) is 5.44. The van der Waals surface area contributed by atoms with Crippen molar-refractivity contribution in [2.24, 2.45) is 5.92 Å². The van der Waals surface area contributed by atoms with Crippen molar-refractivity contribution >= 4 is 5.97 Å². The highest BCUT2D eigenvalue weighted by molar-refractivity contribution is 5.69. The summed E-state index contributed by atoms with van der Waals surface area (Å²) >= 11 is 0. The van der Waals surface area contributed by atoms with Crippen LogP contribution in [0.2, 0.25) is 0 Å². The summed E-state index contributed by atoms with van der Waals surface area (Å²) < 4.78 is 0. The zero-order valence-corrected chi connectivity index (χ0v) is 12.1. The van der Waals surface area contributed by atoms with Crippen molar-refractivity contribution in [2.75, 3.05) is 0 Å². The Bertz CT molecular complexity index is 403. The lowest BCUT2D eigenvalue weighted by atomic mass is 10.0. The van der Waals surface area contributed by atoms with Crippen LogP contribution in [0, 0.1) is 12.8 Å². The van der Waals surface area contributed by atoms with Crippen LogP contribution in [0.25, 0.3) is 0 Å². The van der Waals surface area contributed by atoms with Gasteiger partial charge >= 0.3 is 5.97 Å². The molecule has 2 atom stereocenters. The first kappa shape index (κ1) is 15.7. The van der Waals surface area contributed by atoms with Gasteiger partial charge in [0, 0.05) is 12.6 Å². The maximum absolute atomic E-state index is 10.7. The Morgan fingerprint density at radius 2 is 2.05 bits per heavy atom. The smallest absolute Gasteiger partial charge is 0.306 e. The van der Waals surface area contributed by atoms with E-state index in [-0.39, 0.29) is 5.92 Å². The Kier molecular flexibility index (Phi) is 6.57. The quantitative estimate of drug-likeness (QED) is 0.756. The maximum atomic E-state index is 10.7. The van der Waals surface area contributed by atoms with E-state index in [1.54, 1.807) is 6.92 Å². The van der Waals surface area contributed by atoms with Crippen LogP contribution in [0.1, 0.15) is 44.2 Å². The number of aryl methyl sites for hydroxylation is 1. The summed E-state index contributed by atoms with van der Waals surface area (Å²) in [6.45, 7) is 6.89. The average molecular weight is 263 g/mol. The summed E-state index contributed by atoms with van der Waals surface area (Å²) in [5.74, 6) is -0.927. The van der Waals surface area contributed by atoms with Crippen molar-refractivity contribution in [3.05, 3.63) is 35.4 Å². The lowest BCUT2D eigenvalue weighted by molar-refractivity contribution is -0.141. The Morgan fingerprint density at radius 3 is 2.68 bits per heavy atom. The minimum Gasteiger partial charge on any atom is -0.481 e. The minimum absolute atomic E-state index is 0.232. The van der Waals surface area contributed by atoms with E-state index in [4.69, 9.17) is 5.11 Å². The molecular formula is C16H25NO2. The average Bonchev–Trinajstić information content (AvgIpc) is 2.36. The van der Waals surface area contributed by atoms with Crippen LogP contribution in [-0.2, 0) is 11.3 Å². The fraction of sp³-hybridized carbons (Fsp3) is 0.562. The first-order chi connectivity index (χ1) is 8.99. The molecule has 3 nitrogen and oxygen atoms in total. The lowest BCUT2D eigenvalue weighted by Gasteiger charge is -2.14. The molecular weight excluding hydrogens is 238 g/mol. The van der Waals surface area contributed by atoms with Crippen LogP contribution in [0.3, 0.4) is 0 Å². The van der Waals surface area contributed by atoms with Crippen molar-refractivity contribution in [3.63, 3.8) is 0 Å². The van der Waals surface area contributed by atoms with Crippen LogP contribution >= 0.6 is 0 Å². The summed E-state index contributed by atoms with van der Waals surface area (Å²) in [6, 6.07) is 8.90. The van der Waals surface area contributed by atoms with E-state index < -0.39 is 5.97 Å². The topological polar surface area (TPSA) is 49.3 Å². The Morgan fingerprint density at radius 1 is 1.32 bits per heavy atom. The molecule has 0 saturated carbocycles. The molecule has 0 aliphatic heterocycles. The fourth-order valence-electron chi connectivity index (χ4n) is 2.07. The number of benzene rings is 1. The highest BCUT2D eigenvalue weighted by atomic mass is 16.4. The minimum atomic E-state index is -0.694. The SMILES string of the molecule is Cc1cccc(CNC(C)CCCC(C)C(=O)O)c1. The maximum Gasteiger partial charge on any atom is 0.306 e. The largest absolute Gasteiger partial charge is 0.481 e. The monoisotopic (exact) mass is 263 g/mol. The molecule has 0 bridgehead atoms. The number of aliphatic carboxylic acids is 1. The van der Waals surface area contributed by atoms with Gasteiger partial charge in [0.05, 0.1) is 5.92 Å². The van der Waals surface area contributed by atoms with Crippen LogP contribution < -0.4 is 5.32 Å². The van der Waals surface area contributed by atoms with Gasteiger partial charge in [-0.1, -0.05) is 43.2 Å². The lowest BCUT2D eigenvalue weighted by Crippen LogP contribution is -2.25. The van der Waals surface area contributed by atoms with Gasteiger partial charge in [-0.25, -0.2) is 0 Å². The van der Waals surface area contributed by atoms with E-state index in [2.05, 4.69) is 43.4 Å². The number of carbonyl (C=O) groups is 1. The van der Waals surface area contributed by atoms with Crippen molar-refractivity contribution in [3.8, 4) is 0 Å². The summed E-state index contributed by atoms with van der Waals surface area (Å²) in [5.41, 5.74) is 2.58. The zero-order valence-electron chi connectivity index (χ0n) is 12.1. The van der Waals surface area contributed by atoms with Crippen LogP contribution in [0.5, 0.6) is 0 Å².